The normalized spacial score (nSPS) is 11.5. The van der Waals surface area contributed by atoms with Gasteiger partial charge in [-0.3, -0.25) is 0 Å². The van der Waals surface area contributed by atoms with Gasteiger partial charge in [-0.05, 0) is 31.2 Å². The van der Waals surface area contributed by atoms with E-state index in [9.17, 15) is 31.1 Å². The number of carbonyl (C=O) groups excluding carboxylic acids is 1. The standard InChI is InChI=1S/C16H16F6N2O/c1-2-24(11-9-15(17,18)19)14(25)23-10-3-4-12-5-7-13(8-6-12)16(20,21)22/h5-8H,2,9-11H2,1H3,(H,23,25). The van der Waals surface area contributed by atoms with Crippen LogP contribution in [0.25, 0.3) is 0 Å². The summed E-state index contributed by atoms with van der Waals surface area (Å²) in [6.45, 7) is 1.05. The Labute approximate surface area is 141 Å². The van der Waals surface area contributed by atoms with Gasteiger partial charge < -0.3 is 10.2 Å². The van der Waals surface area contributed by atoms with Crippen LogP contribution in [-0.2, 0) is 6.18 Å². The van der Waals surface area contributed by atoms with Crippen molar-refractivity contribution in [1.82, 2.24) is 10.2 Å². The summed E-state index contributed by atoms with van der Waals surface area (Å²) >= 11 is 0. The molecule has 3 nitrogen and oxygen atoms in total. The lowest BCUT2D eigenvalue weighted by atomic mass is 10.1. The molecule has 0 radical (unpaired) electrons. The van der Waals surface area contributed by atoms with Crippen molar-refractivity contribution >= 4 is 6.03 Å². The fourth-order valence-electron chi connectivity index (χ4n) is 1.79. The fourth-order valence-corrected chi connectivity index (χ4v) is 1.79. The number of halogens is 6. The number of carbonyl (C=O) groups is 1. The van der Waals surface area contributed by atoms with Gasteiger partial charge in [0.2, 0.25) is 0 Å². The molecule has 0 bridgehead atoms. The highest BCUT2D eigenvalue weighted by molar-refractivity contribution is 5.74. The number of hydrogen-bond acceptors (Lipinski definition) is 1. The Hall–Kier alpha value is -2.37. The molecule has 1 N–H and O–H groups in total. The van der Waals surface area contributed by atoms with Crippen LogP contribution >= 0.6 is 0 Å². The van der Waals surface area contributed by atoms with Gasteiger partial charge >= 0.3 is 18.4 Å². The Bertz CT molecular complexity index is 625. The first-order valence-corrected chi connectivity index (χ1v) is 7.28. The van der Waals surface area contributed by atoms with Crippen LogP contribution in [-0.4, -0.2) is 36.7 Å². The summed E-state index contributed by atoms with van der Waals surface area (Å²) in [4.78, 5) is 12.7. The Morgan fingerprint density at radius 1 is 1.12 bits per heavy atom. The van der Waals surface area contributed by atoms with Crippen LogP contribution in [0.15, 0.2) is 24.3 Å². The molecular weight excluding hydrogens is 350 g/mol. The van der Waals surface area contributed by atoms with Gasteiger partial charge in [0.15, 0.2) is 0 Å². The number of nitrogens with one attached hydrogen (secondary N) is 1. The second kappa shape index (κ2) is 8.65. The molecule has 0 saturated heterocycles. The zero-order chi connectivity index (χ0) is 19.1. The van der Waals surface area contributed by atoms with E-state index < -0.39 is 36.9 Å². The highest BCUT2D eigenvalue weighted by Gasteiger charge is 2.30. The van der Waals surface area contributed by atoms with Crippen molar-refractivity contribution in [2.75, 3.05) is 19.6 Å². The third-order valence-electron chi connectivity index (χ3n) is 3.11. The van der Waals surface area contributed by atoms with Gasteiger partial charge in [0.1, 0.15) is 0 Å². The maximum atomic E-state index is 12.4. The topological polar surface area (TPSA) is 32.3 Å². The summed E-state index contributed by atoms with van der Waals surface area (Å²) in [7, 11) is 0. The number of urea groups is 1. The Kier molecular flexibility index (Phi) is 7.15. The molecule has 138 valence electrons. The molecule has 9 heteroatoms. The van der Waals surface area contributed by atoms with Crippen molar-refractivity contribution in [3.8, 4) is 11.8 Å². The van der Waals surface area contributed by atoms with Crippen LogP contribution in [0.2, 0.25) is 0 Å². The second-order valence-electron chi connectivity index (χ2n) is 4.98. The summed E-state index contributed by atoms with van der Waals surface area (Å²) in [5, 5.41) is 2.34. The third-order valence-corrected chi connectivity index (χ3v) is 3.11. The Morgan fingerprint density at radius 2 is 1.72 bits per heavy atom. The van der Waals surface area contributed by atoms with Crippen molar-refractivity contribution in [2.45, 2.75) is 25.7 Å². The zero-order valence-corrected chi connectivity index (χ0v) is 13.3. The highest BCUT2D eigenvalue weighted by Crippen LogP contribution is 2.28. The first-order valence-electron chi connectivity index (χ1n) is 7.28. The quantitative estimate of drug-likeness (QED) is 0.633. The van der Waals surface area contributed by atoms with E-state index in [4.69, 9.17) is 0 Å². The molecule has 1 aromatic rings. The predicted octanol–water partition coefficient (Wildman–Crippen LogP) is 4.04. The first kappa shape index (κ1) is 20.7. The summed E-state index contributed by atoms with van der Waals surface area (Å²) in [6.07, 6.45) is -9.89. The molecule has 25 heavy (non-hydrogen) atoms. The number of amides is 2. The molecule has 0 heterocycles. The average molecular weight is 366 g/mol. The minimum atomic E-state index is -4.43. The van der Waals surface area contributed by atoms with Crippen molar-refractivity contribution in [2.24, 2.45) is 0 Å². The largest absolute Gasteiger partial charge is 0.416 e. The van der Waals surface area contributed by atoms with Gasteiger partial charge in [0.25, 0.3) is 0 Å². The third kappa shape index (κ3) is 7.83. The van der Waals surface area contributed by atoms with Gasteiger partial charge in [0.05, 0.1) is 18.5 Å². The molecule has 0 atom stereocenters. The minimum absolute atomic E-state index is 0.105. The van der Waals surface area contributed by atoms with Crippen LogP contribution in [0.1, 0.15) is 24.5 Å². The van der Waals surface area contributed by atoms with E-state index in [2.05, 4.69) is 17.2 Å². The van der Waals surface area contributed by atoms with Gasteiger partial charge in [0, 0.05) is 18.7 Å². The Morgan fingerprint density at radius 3 is 2.20 bits per heavy atom. The van der Waals surface area contributed by atoms with Gasteiger partial charge in [-0.15, -0.1) is 0 Å². The molecule has 0 spiro atoms. The molecule has 0 fully saturated rings. The number of benzene rings is 1. The lowest BCUT2D eigenvalue weighted by Crippen LogP contribution is -2.41. The summed E-state index contributed by atoms with van der Waals surface area (Å²) in [6, 6.07) is 3.48. The maximum Gasteiger partial charge on any atom is 0.416 e. The van der Waals surface area contributed by atoms with E-state index in [0.29, 0.717) is 5.56 Å². The summed E-state index contributed by atoms with van der Waals surface area (Å²) < 4.78 is 73.7. The van der Waals surface area contributed by atoms with E-state index in [1.807, 2.05) is 0 Å². The number of alkyl halides is 6. The second-order valence-corrected chi connectivity index (χ2v) is 4.98. The highest BCUT2D eigenvalue weighted by atomic mass is 19.4. The van der Waals surface area contributed by atoms with E-state index in [0.717, 1.165) is 17.0 Å². The van der Waals surface area contributed by atoms with Crippen LogP contribution in [0.4, 0.5) is 31.1 Å². The van der Waals surface area contributed by atoms with Crippen molar-refractivity contribution in [1.29, 1.82) is 0 Å². The summed E-state index contributed by atoms with van der Waals surface area (Å²) in [5.74, 6) is 5.09. The van der Waals surface area contributed by atoms with Gasteiger partial charge in [-0.2, -0.15) is 26.3 Å². The smallest absolute Gasteiger partial charge is 0.327 e. The zero-order valence-electron chi connectivity index (χ0n) is 13.3. The van der Waals surface area contributed by atoms with Gasteiger partial charge in [-0.1, -0.05) is 11.8 Å². The van der Waals surface area contributed by atoms with Crippen molar-refractivity contribution in [3.05, 3.63) is 35.4 Å². The summed E-state index contributed by atoms with van der Waals surface area (Å²) in [5.41, 5.74) is -0.471. The monoisotopic (exact) mass is 366 g/mol. The predicted molar refractivity (Wildman–Crippen MR) is 79.6 cm³/mol. The van der Waals surface area contributed by atoms with Crippen molar-refractivity contribution in [3.63, 3.8) is 0 Å². The lowest BCUT2D eigenvalue weighted by molar-refractivity contribution is -0.138. The minimum Gasteiger partial charge on any atom is -0.327 e. The molecule has 0 aliphatic rings. The van der Waals surface area contributed by atoms with E-state index in [-0.39, 0.29) is 13.1 Å². The SMILES string of the molecule is CCN(CCC(F)(F)F)C(=O)NCC#Cc1ccc(C(F)(F)F)cc1. The molecule has 2 amide bonds. The molecule has 0 saturated carbocycles. The lowest BCUT2D eigenvalue weighted by Gasteiger charge is -2.21. The van der Waals surface area contributed by atoms with Crippen LogP contribution in [0, 0.1) is 11.8 Å². The molecule has 0 aliphatic heterocycles. The molecule has 0 aliphatic carbocycles. The van der Waals surface area contributed by atoms with E-state index in [1.165, 1.54) is 12.1 Å². The molecule has 1 aromatic carbocycles. The molecule has 1 rings (SSSR count). The fraction of sp³-hybridized carbons (Fsp3) is 0.438. The van der Waals surface area contributed by atoms with Crippen LogP contribution in [0.3, 0.4) is 0 Å². The molecule has 0 aromatic heterocycles. The average Bonchev–Trinajstić information content (AvgIpc) is 2.50. The molecular formula is C16H16F6N2O. The van der Waals surface area contributed by atoms with Gasteiger partial charge in [-0.25, -0.2) is 4.79 Å². The maximum absolute atomic E-state index is 12.4. The van der Waals surface area contributed by atoms with E-state index in [1.54, 1.807) is 6.92 Å². The molecule has 0 unspecified atom stereocenters. The van der Waals surface area contributed by atoms with Crippen LogP contribution < -0.4 is 5.32 Å². The number of hydrogen-bond donors (Lipinski definition) is 1. The number of nitrogens with zero attached hydrogens (tertiary/aromatic N) is 1. The van der Waals surface area contributed by atoms with Crippen molar-refractivity contribution < 1.29 is 31.1 Å². The Balaban J connectivity index is 2.51. The number of rotatable bonds is 4. The van der Waals surface area contributed by atoms with Crippen LogP contribution in [0.5, 0.6) is 0 Å². The van der Waals surface area contributed by atoms with E-state index >= 15 is 0 Å². The first-order chi connectivity index (χ1) is 11.5.